The van der Waals surface area contributed by atoms with E-state index in [1.165, 1.54) is 0 Å². The van der Waals surface area contributed by atoms with Gasteiger partial charge in [-0.05, 0) is 38.0 Å². The third kappa shape index (κ3) is 3.50. The summed E-state index contributed by atoms with van der Waals surface area (Å²) < 4.78 is 10.7. The Morgan fingerprint density at radius 1 is 1.27 bits per heavy atom. The van der Waals surface area contributed by atoms with Crippen molar-refractivity contribution in [2.75, 3.05) is 26.8 Å². The number of rotatable bonds is 5. The van der Waals surface area contributed by atoms with E-state index in [2.05, 4.69) is 0 Å². The number of nitrogens with two attached hydrogens (primary N) is 1. The molecular weight excluding hydrogens is 284 g/mol. The highest BCUT2D eigenvalue weighted by atomic mass is 16.5. The number of hydrogen-bond donors (Lipinski definition) is 1. The Bertz CT molecular complexity index is 551. The van der Waals surface area contributed by atoms with Crippen molar-refractivity contribution in [3.63, 3.8) is 0 Å². The van der Waals surface area contributed by atoms with E-state index >= 15 is 0 Å². The summed E-state index contributed by atoms with van der Waals surface area (Å²) in [6.07, 6.45) is 1.24. The minimum absolute atomic E-state index is 0.0634. The number of primary amides is 1. The van der Waals surface area contributed by atoms with Crippen LogP contribution < -0.4 is 15.2 Å². The molecule has 6 nitrogen and oxygen atoms in total. The van der Waals surface area contributed by atoms with Crippen LogP contribution >= 0.6 is 0 Å². The van der Waals surface area contributed by atoms with Gasteiger partial charge in [0.15, 0.2) is 11.5 Å². The monoisotopic (exact) mass is 306 g/mol. The molecule has 0 radical (unpaired) electrons. The lowest BCUT2D eigenvalue weighted by Crippen LogP contribution is -2.41. The fraction of sp³-hybridized carbons (Fsp3) is 0.500. The Morgan fingerprint density at radius 2 is 1.95 bits per heavy atom. The first-order chi connectivity index (χ1) is 10.6. The van der Waals surface area contributed by atoms with Crippen LogP contribution in [0.15, 0.2) is 18.2 Å². The molecule has 0 atom stereocenters. The molecule has 0 bridgehead atoms. The summed E-state index contributed by atoms with van der Waals surface area (Å²) in [6.45, 7) is 3.46. The first-order valence-corrected chi connectivity index (χ1v) is 7.46. The SMILES string of the molecule is CCOc1cc(C(=O)N2CCC(C(N)=O)CC2)ccc1OC. The van der Waals surface area contributed by atoms with Gasteiger partial charge in [0.25, 0.3) is 5.91 Å². The Morgan fingerprint density at radius 3 is 2.50 bits per heavy atom. The Balaban J connectivity index is 2.10. The molecule has 6 heteroatoms. The number of carbonyl (C=O) groups excluding carboxylic acids is 2. The predicted molar refractivity (Wildman–Crippen MR) is 82.0 cm³/mol. The third-order valence-corrected chi connectivity index (χ3v) is 3.89. The van der Waals surface area contributed by atoms with Crippen molar-refractivity contribution in [1.29, 1.82) is 0 Å². The van der Waals surface area contributed by atoms with E-state index in [0.29, 0.717) is 49.6 Å². The fourth-order valence-corrected chi connectivity index (χ4v) is 2.63. The Kier molecular flexibility index (Phi) is 5.25. The zero-order chi connectivity index (χ0) is 16.1. The quantitative estimate of drug-likeness (QED) is 0.892. The number of ether oxygens (including phenoxy) is 2. The second kappa shape index (κ2) is 7.15. The van der Waals surface area contributed by atoms with Gasteiger partial charge in [0.1, 0.15) is 0 Å². The lowest BCUT2D eigenvalue weighted by Gasteiger charge is -2.30. The molecule has 1 aromatic rings. The van der Waals surface area contributed by atoms with Gasteiger partial charge < -0.3 is 20.1 Å². The maximum absolute atomic E-state index is 12.5. The number of methoxy groups -OCH3 is 1. The van der Waals surface area contributed by atoms with Gasteiger partial charge in [-0.1, -0.05) is 0 Å². The number of carbonyl (C=O) groups is 2. The largest absolute Gasteiger partial charge is 0.493 e. The first kappa shape index (κ1) is 16.1. The van der Waals surface area contributed by atoms with Crippen LogP contribution in [-0.2, 0) is 4.79 Å². The zero-order valence-corrected chi connectivity index (χ0v) is 13.0. The topological polar surface area (TPSA) is 81.9 Å². The van der Waals surface area contributed by atoms with E-state index in [1.54, 1.807) is 30.2 Å². The molecule has 120 valence electrons. The zero-order valence-electron chi connectivity index (χ0n) is 13.0. The van der Waals surface area contributed by atoms with Crippen LogP contribution in [0.4, 0.5) is 0 Å². The summed E-state index contributed by atoms with van der Waals surface area (Å²) >= 11 is 0. The molecule has 0 aliphatic carbocycles. The number of likely N-dealkylation sites (tertiary alicyclic amines) is 1. The lowest BCUT2D eigenvalue weighted by atomic mass is 9.96. The van der Waals surface area contributed by atoms with Gasteiger partial charge in [-0.15, -0.1) is 0 Å². The molecule has 2 rings (SSSR count). The summed E-state index contributed by atoms with van der Waals surface area (Å²) in [5, 5.41) is 0. The van der Waals surface area contributed by atoms with Gasteiger partial charge in [0.05, 0.1) is 13.7 Å². The number of nitrogens with zero attached hydrogens (tertiary/aromatic N) is 1. The fourth-order valence-electron chi connectivity index (χ4n) is 2.63. The molecule has 2 N–H and O–H groups in total. The van der Waals surface area contributed by atoms with Crippen molar-refractivity contribution < 1.29 is 19.1 Å². The highest BCUT2D eigenvalue weighted by molar-refractivity contribution is 5.95. The third-order valence-electron chi connectivity index (χ3n) is 3.89. The van der Waals surface area contributed by atoms with Crippen LogP contribution in [-0.4, -0.2) is 43.5 Å². The number of amides is 2. The van der Waals surface area contributed by atoms with Gasteiger partial charge in [-0.2, -0.15) is 0 Å². The van der Waals surface area contributed by atoms with E-state index in [4.69, 9.17) is 15.2 Å². The van der Waals surface area contributed by atoms with Crippen LogP contribution in [0.5, 0.6) is 11.5 Å². The maximum atomic E-state index is 12.5. The van der Waals surface area contributed by atoms with Crippen LogP contribution in [0.2, 0.25) is 0 Å². The van der Waals surface area contributed by atoms with E-state index in [-0.39, 0.29) is 17.7 Å². The molecule has 0 spiro atoms. The van der Waals surface area contributed by atoms with Crippen molar-refractivity contribution in [1.82, 2.24) is 4.90 Å². The van der Waals surface area contributed by atoms with Crippen molar-refractivity contribution in [2.24, 2.45) is 11.7 Å². The molecule has 1 aliphatic rings. The predicted octanol–water partition coefficient (Wildman–Crippen LogP) is 1.43. The normalized spacial score (nSPS) is 15.5. The minimum Gasteiger partial charge on any atom is -0.493 e. The smallest absolute Gasteiger partial charge is 0.253 e. The number of hydrogen-bond acceptors (Lipinski definition) is 4. The number of piperidine rings is 1. The molecule has 2 amide bonds. The minimum atomic E-state index is -0.282. The molecule has 0 unspecified atom stereocenters. The van der Waals surface area contributed by atoms with E-state index in [9.17, 15) is 9.59 Å². The van der Waals surface area contributed by atoms with Crippen LogP contribution in [0.3, 0.4) is 0 Å². The van der Waals surface area contributed by atoms with Crippen LogP contribution in [0.1, 0.15) is 30.1 Å². The van der Waals surface area contributed by atoms with Gasteiger partial charge in [-0.3, -0.25) is 9.59 Å². The van der Waals surface area contributed by atoms with Gasteiger partial charge in [0.2, 0.25) is 5.91 Å². The van der Waals surface area contributed by atoms with E-state index in [1.807, 2.05) is 6.92 Å². The molecule has 1 aliphatic heterocycles. The molecular formula is C16H22N2O4. The summed E-state index contributed by atoms with van der Waals surface area (Å²) in [7, 11) is 1.56. The molecule has 1 saturated heterocycles. The van der Waals surface area contributed by atoms with Gasteiger partial charge in [-0.25, -0.2) is 0 Å². The first-order valence-electron chi connectivity index (χ1n) is 7.46. The van der Waals surface area contributed by atoms with Crippen LogP contribution in [0, 0.1) is 5.92 Å². The second-order valence-corrected chi connectivity index (χ2v) is 5.27. The molecule has 1 fully saturated rings. The average molecular weight is 306 g/mol. The van der Waals surface area contributed by atoms with Crippen molar-refractivity contribution in [2.45, 2.75) is 19.8 Å². The van der Waals surface area contributed by atoms with Crippen molar-refractivity contribution >= 4 is 11.8 Å². The maximum Gasteiger partial charge on any atom is 0.253 e. The second-order valence-electron chi connectivity index (χ2n) is 5.27. The number of benzene rings is 1. The highest BCUT2D eigenvalue weighted by Gasteiger charge is 2.26. The van der Waals surface area contributed by atoms with Crippen LogP contribution in [0.25, 0.3) is 0 Å². The molecule has 0 aromatic heterocycles. The van der Waals surface area contributed by atoms with Crippen molar-refractivity contribution in [3.8, 4) is 11.5 Å². The molecule has 1 aromatic carbocycles. The van der Waals surface area contributed by atoms with Gasteiger partial charge >= 0.3 is 0 Å². The van der Waals surface area contributed by atoms with E-state index < -0.39 is 0 Å². The van der Waals surface area contributed by atoms with Gasteiger partial charge in [0, 0.05) is 24.6 Å². The Labute approximate surface area is 130 Å². The van der Waals surface area contributed by atoms with Crippen molar-refractivity contribution in [3.05, 3.63) is 23.8 Å². The molecule has 1 heterocycles. The molecule has 22 heavy (non-hydrogen) atoms. The lowest BCUT2D eigenvalue weighted by molar-refractivity contribution is -0.123. The molecule has 0 saturated carbocycles. The standard InChI is InChI=1S/C16H22N2O4/c1-3-22-14-10-12(4-5-13(14)21-2)16(20)18-8-6-11(7-9-18)15(17)19/h4-5,10-11H,3,6-9H2,1-2H3,(H2,17,19). The summed E-state index contributed by atoms with van der Waals surface area (Å²) in [4.78, 5) is 25.5. The highest BCUT2D eigenvalue weighted by Crippen LogP contribution is 2.29. The average Bonchev–Trinajstić information content (AvgIpc) is 2.54. The Hall–Kier alpha value is -2.24. The summed E-state index contributed by atoms with van der Waals surface area (Å²) in [5.74, 6) is 0.689. The summed E-state index contributed by atoms with van der Waals surface area (Å²) in [5.41, 5.74) is 5.87. The van der Waals surface area contributed by atoms with E-state index in [0.717, 1.165) is 0 Å². The summed E-state index contributed by atoms with van der Waals surface area (Å²) in [6, 6.07) is 5.16.